The highest BCUT2D eigenvalue weighted by atomic mass is 16.6. The highest BCUT2D eigenvalue weighted by Crippen LogP contribution is 2.50. The Kier molecular flexibility index (Phi) is 12.7. The van der Waals surface area contributed by atoms with Crippen LogP contribution in [0.15, 0.2) is 54.6 Å². The van der Waals surface area contributed by atoms with Crippen molar-refractivity contribution in [3.05, 3.63) is 60.2 Å². The van der Waals surface area contributed by atoms with Crippen molar-refractivity contribution in [3.63, 3.8) is 0 Å². The number of benzene rings is 1. The first-order chi connectivity index (χ1) is 23.6. The smallest absolute Gasteiger partial charge is 0.338 e. The molecule has 0 spiro atoms. The van der Waals surface area contributed by atoms with Gasteiger partial charge in [-0.25, -0.2) is 4.79 Å². The molecule has 0 aliphatic heterocycles. The van der Waals surface area contributed by atoms with Crippen LogP contribution in [-0.4, -0.2) is 88.9 Å². The van der Waals surface area contributed by atoms with Gasteiger partial charge < -0.3 is 33.5 Å². The van der Waals surface area contributed by atoms with E-state index >= 15 is 0 Å². The average molecular weight is 715 g/mol. The van der Waals surface area contributed by atoms with Crippen molar-refractivity contribution in [2.75, 3.05) is 0 Å². The fourth-order valence-corrected chi connectivity index (χ4v) is 6.86. The van der Waals surface area contributed by atoms with Gasteiger partial charge in [0.1, 0.15) is 18.3 Å². The second-order valence-corrected chi connectivity index (χ2v) is 13.5. The summed E-state index contributed by atoms with van der Waals surface area (Å²) in [5.41, 5.74) is -4.35. The molecule has 0 amide bonds. The van der Waals surface area contributed by atoms with E-state index in [1.54, 1.807) is 32.0 Å². The van der Waals surface area contributed by atoms with Crippen LogP contribution in [0.2, 0.25) is 0 Å². The Balaban J connectivity index is 2.53. The molecule has 0 saturated heterocycles. The summed E-state index contributed by atoms with van der Waals surface area (Å²) in [6.07, 6.45) is -6.97. The number of esters is 6. The van der Waals surface area contributed by atoms with Gasteiger partial charge in [0.2, 0.25) is 0 Å². The van der Waals surface area contributed by atoms with Gasteiger partial charge in [0.05, 0.1) is 11.5 Å². The maximum atomic E-state index is 14.6. The summed E-state index contributed by atoms with van der Waals surface area (Å²) >= 11 is 0. The number of fused-ring (bicyclic) bond motifs is 1. The fourth-order valence-electron chi connectivity index (χ4n) is 6.86. The van der Waals surface area contributed by atoms with Crippen molar-refractivity contribution in [3.8, 4) is 0 Å². The first-order valence-corrected chi connectivity index (χ1v) is 16.4. The summed E-state index contributed by atoms with van der Waals surface area (Å²) in [6, 6.07) is 7.62. The number of ketones is 1. The molecule has 14 heteroatoms. The molecule has 14 nitrogen and oxygen atoms in total. The molecule has 10 atom stereocenters. The molecular weight excluding hydrogens is 668 g/mol. The van der Waals surface area contributed by atoms with Crippen LogP contribution in [0, 0.1) is 23.2 Å². The summed E-state index contributed by atoms with van der Waals surface area (Å²) < 4.78 is 34.5. The Labute approximate surface area is 296 Å². The van der Waals surface area contributed by atoms with Gasteiger partial charge in [0.15, 0.2) is 29.7 Å². The molecule has 1 fully saturated rings. The molecule has 1 N–H and O–H groups in total. The van der Waals surface area contributed by atoms with Crippen molar-refractivity contribution in [1.29, 1.82) is 0 Å². The zero-order valence-electron chi connectivity index (χ0n) is 30.2. The zero-order chi connectivity index (χ0) is 38.6. The number of aliphatic hydroxyl groups is 1. The van der Waals surface area contributed by atoms with Crippen LogP contribution in [-0.2, 0) is 57.2 Å². The monoisotopic (exact) mass is 714 g/mol. The molecule has 1 aromatic rings. The number of Topliss-reactive ketones (excluding diaryl/α,β-unsaturated/α-hetero) is 1. The first-order valence-electron chi connectivity index (χ1n) is 16.4. The summed E-state index contributed by atoms with van der Waals surface area (Å²) in [7, 11) is 0. The molecule has 1 saturated carbocycles. The largest absolute Gasteiger partial charge is 0.462 e. The molecule has 51 heavy (non-hydrogen) atoms. The van der Waals surface area contributed by atoms with Gasteiger partial charge in [-0.05, 0) is 12.1 Å². The fraction of sp³-hybridized carbons (Fsp3) is 0.541. The van der Waals surface area contributed by atoms with Crippen LogP contribution in [0.4, 0.5) is 0 Å². The minimum atomic E-state index is -2.74. The van der Waals surface area contributed by atoms with Gasteiger partial charge >= 0.3 is 35.8 Å². The minimum absolute atomic E-state index is 0.0219. The lowest BCUT2D eigenvalue weighted by Crippen LogP contribution is -2.61. The van der Waals surface area contributed by atoms with Gasteiger partial charge in [-0.15, -0.1) is 0 Å². The number of carbonyl (C=O) groups excluding carboxylic acids is 7. The molecule has 0 radical (unpaired) electrons. The van der Waals surface area contributed by atoms with Crippen LogP contribution in [0.1, 0.15) is 72.7 Å². The van der Waals surface area contributed by atoms with Crippen LogP contribution in [0.25, 0.3) is 0 Å². The summed E-state index contributed by atoms with van der Waals surface area (Å²) in [5.74, 6) is -10.3. The van der Waals surface area contributed by atoms with Crippen molar-refractivity contribution < 1.29 is 67.1 Å². The number of carbonyl (C=O) groups is 7. The second kappa shape index (κ2) is 16.0. The predicted octanol–water partition coefficient (Wildman–Crippen LogP) is 3.22. The van der Waals surface area contributed by atoms with Crippen LogP contribution in [0.5, 0.6) is 0 Å². The first kappa shape index (κ1) is 40.6. The molecule has 2 aliphatic rings. The second-order valence-electron chi connectivity index (χ2n) is 13.5. The van der Waals surface area contributed by atoms with Gasteiger partial charge in [-0.1, -0.05) is 64.6 Å². The number of ether oxygens (including phenoxy) is 6. The third-order valence-corrected chi connectivity index (χ3v) is 9.03. The molecule has 278 valence electrons. The van der Waals surface area contributed by atoms with E-state index in [0.717, 1.165) is 34.6 Å². The standard InChI is InChI=1S/C37H46O14/c1-18-16-17-36(9,10)34(50-25(8)42)31(48-23(6)40)30(47-22(5)39)19(2)28(51-35(44)26-14-12-11-13-15-26)27-29(46-21(4)38)20(3)33(49-24(7)41)37(27,45)32(18)43/h11-18,20,27-31,33-34,45H,2H2,1,3-10H3/b17-16+/t18-,20+,27-,28-,29-,30-,31+,33+,34+,37+/m0/s1. The Morgan fingerprint density at radius 2 is 1.18 bits per heavy atom. The SMILES string of the molecule is C=C1[C@H](OC(C)=O)[C@@H](OC(C)=O)[C@@H](OC(C)=O)C(C)(C)/C=C/[C@H](C)C(=O)[C@]2(O)[C@H]([C@@H](OC(C)=O)[C@@H](C)[C@H]2OC(C)=O)[C@H]1OC(=O)c1ccccc1. The number of hydrogen-bond acceptors (Lipinski definition) is 14. The third kappa shape index (κ3) is 8.91. The number of hydrogen-bond donors (Lipinski definition) is 1. The van der Waals surface area contributed by atoms with Gasteiger partial charge in [-0.3, -0.25) is 28.8 Å². The molecule has 3 rings (SSSR count). The zero-order valence-corrected chi connectivity index (χ0v) is 30.2. The van der Waals surface area contributed by atoms with Crippen LogP contribution < -0.4 is 0 Å². The maximum absolute atomic E-state index is 14.6. The van der Waals surface area contributed by atoms with Gasteiger partial charge in [-0.2, -0.15) is 0 Å². The van der Waals surface area contributed by atoms with E-state index in [9.17, 15) is 38.7 Å². The maximum Gasteiger partial charge on any atom is 0.338 e. The molecule has 1 aromatic carbocycles. The van der Waals surface area contributed by atoms with Crippen molar-refractivity contribution in [2.45, 2.75) is 105 Å². The van der Waals surface area contributed by atoms with E-state index in [2.05, 4.69) is 6.58 Å². The van der Waals surface area contributed by atoms with Crippen LogP contribution in [0.3, 0.4) is 0 Å². The Bertz CT molecular complexity index is 1580. The van der Waals surface area contributed by atoms with E-state index in [1.807, 2.05) is 0 Å². The third-order valence-electron chi connectivity index (χ3n) is 9.03. The molecule has 0 heterocycles. The summed E-state index contributed by atoms with van der Waals surface area (Å²) in [6.45, 7) is 15.6. The summed E-state index contributed by atoms with van der Waals surface area (Å²) in [4.78, 5) is 91.5. The highest BCUT2D eigenvalue weighted by molar-refractivity contribution is 5.93. The quantitative estimate of drug-likeness (QED) is 0.246. The number of allylic oxidation sites excluding steroid dienone is 1. The molecule has 0 bridgehead atoms. The molecule has 0 aromatic heterocycles. The van der Waals surface area contributed by atoms with Crippen molar-refractivity contribution in [2.24, 2.45) is 23.2 Å². The summed E-state index contributed by atoms with van der Waals surface area (Å²) in [5, 5.41) is 12.8. The highest BCUT2D eigenvalue weighted by Gasteiger charge is 2.69. The lowest BCUT2D eigenvalue weighted by molar-refractivity contribution is -0.191. The minimum Gasteiger partial charge on any atom is -0.462 e. The lowest BCUT2D eigenvalue weighted by Gasteiger charge is -2.44. The van der Waals surface area contributed by atoms with Gasteiger partial charge in [0.25, 0.3) is 0 Å². The van der Waals surface area contributed by atoms with Gasteiger partial charge in [0, 0.05) is 57.4 Å². The Hall–Kier alpha value is -4.85. The lowest BCUT2D eigenvalue weighted by atomic mass is 9.71. The molecule has 0 unspecified atom stereocenters. The van der Waals surface area contributed by atoms with E-state index < -0.39 is 107 Å². The predicted molar refractivity (Wildman–Crippen MR) is 177 cm³/mol. The normalized spacial score (nSPS) is 32.5. The molecular formula is C37H46O14. The van der Waals surface area contributed by atoms with Crippen molar-refractivity contribution in [1.82, 2.24) is 0 Å². The van der Waals surface area contributed by atoms with E-state index in [4.69, 9.17) is 28.4 Å². The van der Waals surface area contributed by atoms with E-state index in [-0.39, 0.29) is 11.1 Å². The van der Waals surface area contributed by atoms with E-state index in [0.29, 0.717) is 0 Å². The topological polar surface area (TPSA) is 195 Å². The Morgan fingerprint density at radius 3 is 1.69 bits per heavy atom. The van der Waals surface area contributed by atoms with Crippen molar-refractivity contribution >= 4 is 41.6 Å². The van der Waals surface area contributed by atoms with Crippen LogP contribution >= 0.6 is 0 Å². The Morgan fingerprint density at radius 1 is 0.686 bits per heavy atom. The van der Waals surface area contributed by atoms with E-state index in [1.165, 1.54) is 38.1 Å². The molecule has 2 aliphatic carbocycles. The number of rotatable bonds is 7. The average Bonchev–Trinajstić information content (AvgIpc) is 3.22.